The molecule has 1 aromatic carbocycles. The fourth-order valence-corrected chi connectivity index (χ4v) is 3.38. The van der Waals surface area contributed by atoms with E-state index in [1.165, 1.54) is 0 Å². The third kappa shape index (κ3) is 4.51. The molecule has 0 radical (unpaired) electrons. The van der Waals surface area contributed by atoms with E-state index in [9.17, 15) is 4.79 Å². The Balaban J connectivity index is 1.92. The number of pyridine rings is 1. The molecule has 0 aliphatic heterocycles. The second-order valence-electron chi connectivity index (χ2n) is 6.80. The number of carbonyl (C=O) groups is 1. The Morgan fingerprint density at radius 3 is 2.89 bits per heavy atom. The highest BCUT2D eigenvalue weighted by Gasteiger charge is 2.22. The fourth-order valence-electron chi connectivity index (χ4n) is 3.38. The first-order valence-electron chi connectivity index (χ1n) is 9.46. The van der Waals surface area contributed by atoms with Crippen LogP contribution in [0.1, 0.15) is 35.6 Å². The number of ether oxygens (including phenoxy) is 2. The largest absolute Gasteiger partial charge is 0.497 e. The molecular formula is C22H27N3O3. The molecule has 0 unspecified atom stereocenters. The molecule has 1 atom stereocenters. The van der Waals surface area contributed by atoms with Gasteiger partial charge in [-0.15, -0.1) is 0 Å². The van der Waals surface area contributed by atoms with E-state index in [1.807, 2.05) is 55.7 Å². The Hall–Kier alpha value is -2.86. The number of imidazole rings is 1. The van der Waals surface area contributed by atoms with E-state index in [-0.39, 0.29) is 11.8 Å². The van der Waals surface area contributed by atoms with Gasteiger partial charge in [-0.3, -0.25) is 4.79 Å². The zero-order valence-electron chi connectivity index (χ0n) is 16.6. The molecule has 1 amide bonds. The molecule has 0 aliphatic rings. The summed E-state index contributed by atoms with van der Waals surface area (Å²) >= 11 is 0. The van der Waals surface area contributed by atoms with Gasteiger partial charge in [0.2, 0.25) is 5.91 Å². The van der Waals surface area contributed by atoms with Gasteiger partial charge >= 0.3 is 0 Å². The summed E-state index contributed by atoms with van der Waals surface area (Å²) in [6, 6.07) is 11.9. The lowest BCUT2D eigenvalue weighted by Crippen LogP contribution is -2.27. The highest BCUT2D eigenvalue weighted by molar-refractivity contribution is 5.77. The number of aryl methyl sites for hydroxylation is 1. The SMILES string of the molecule is COCCCNC(=O)C[C@@H](c1cccc(OC)c1)c1cnc2c(C)cccn12. The van der Waals surface area contributed by atoms with Crippen molar-refractivity contribution in [1.29, 1.82) is 0 Å². The van der Waals surface area contributed by atoms with E-state index in [0.29, 0.717) is 19.6 Å². The van der Waals surface area contributed by atoms with Crippen LogP contribution in [0.25, 0.3) is 5.65 Å². The summed E-state index contributed by atoms with van der Waals surface area (Å²) in [5.74, 6) is 0.647. The van der Waals surface area contributed by atoms with Crippen molar-refractivity contribution in [3.05, 3.63) is 65.6 Å². The maximum absolute atomic E-state index is 12.6. The second kappa shape index (κ2) is 9.37. The summed E-state index contributed by atoms with van der Waals surface area (Å²) in [5, 5.41) is 2.99. The minimum Gasteiger partial charge on any atom is -0.497 e. The van der Waals surface area contributed by atoms with Gasteiger partial charge in [-0.05, 0) is 42.7 Å². The number of aromatic nitrogens is 2. The number of hydrogen-bond acceptors (Lipinski definition) is 4. The standard InChI is InChI=1S/C22H27N3O3/c1-16-7-5-11-25-20(15-24-22(16)25)19(14-21(26)23-10-6-12-27-2)17-8-4-9-18(13-17)28-3/h4-5,7-9,11,13,15,19H,6,10,12,14H2,1-3H3,(H,23,26)/t19-/m0/s1. The van der Waals surface area contributed by atoms with E-state index in [1.54, 1.807) is 14.2 Å². The lowest BCUT2D eigenvalue weighted by Gasteiger charge is -2.18. The van der Waals surface area contributed by atoms with E-state index >= 15 is 0 Å². The highest BCUT2D eigenvalue weighted by atomic mass is 16.5. The van der Waals surface area contributed by atoms with E-state index in [4.69, 9.17) is 9.47 Å². The lowest BCUT2D eigenvalue weighted by molar-refractivity contribution is -0.121. The summed E-state index contributed by atoms with van der Waals surface area (Å²) < 4.78 is 12.5. The Labute approximate surface area is 165 Å². The number of rotatable bonds is 9. The van der Waals surface area contributed by atoms with Crippen LogP contribution in [0.3, 0.4) is 0 Å². The number of nitrogens with zero attached hydrogens (tertiary/aromatic N) is 2. The van der Waals surface area contributed by atoms with Crippen molar-refractivity contribution in [2.45, 2.75) is 25.7 Å². The quantitative estimate of drug-likeness (QED) is 0.578. The minimum absolute atomic E-state index is 0.00604. The Kier molecular flexibility index (Phi) is 6.66. The normalized spacial score (nSPS) is 12.1. The predicted octanol–water partition coefficient (Wildman–Crippen LogP) is 3.33. The van der Waals surface area contributed by atoms with Gasteiger partial charge in [-0.2, -0.15) is 0 Å². The van der Waals surface area contributed by atoms with Crippen LogP contribution in [0.5, 0.6) is 5.75 Å². The molecule has 6 nitrogen and oxygen atoms in total. The van der Waals surface area contributed by atoms with Crippen LogP contribution < -0.4 is 10.1 Å². The Morgan fingerprint density at radius 1 is 1.25 bits per heavy atom. The van der Waals surface area contributed by atoms with E-state index in [0.717, 1.165) is 34.6 Å². The van der Waals surface area contributed by atoms with Crippen LogP contribution in [0.15, 0.2) is 48.8 Å². The highest BCUT2D eigenvalue weighted by Crippen LogP contribution is 2.31. The van der Waals surface area contributed by atoms with Crippen LogP contribution in [-0.2, 0) is 9.53 Å². The number of amides is 1. The van der Waals surface area contributed by atoms with Crippen molar-refractivity contribution < 1.29 is 14.3 Å². The average Bonchev–Trinajstić information content (AvgIpc) is 3.15. The van der Waals surface area contributed by atoms with Gasteiger partial charge in [-0.25, -0.2) is 4.98 Å². The number of carbonyl (C=O) groups excluding carboxylic acids is 1. The molecule has 28 heavy (non-hydrogen) atoms. The topological polar surface area (TPSA) is 64.9 Å². The lowest BCUT2D eigenvalue weighted by atomic mass is 9.92. The number of hydrogen-bond donors (Lipinski definition) is 1. The number of benzene rings is 1. The molecule has 3 aromatic rings. The van der Waals surface area contributed by atoms with Crippen LogP contribution >= 0.6 is 0 Å². The Morgan fingerprint density at radius 2 is 2.11 bits per heavy atom. The first kappa shape index (κ1) is 19.9. The first-order chi connectivity index (χ1) is 13.6. The Bertz CT molecular complexity index is 936. The minimum atomic E-state index is -0.130. The summed E-state index contributed by atoms with van der Waals surface area (Å²) in [6.07, 6.45) is 4.99. The van der Waals surface area contributed by atoms with Crippen LogP contribution in [0, 0.1) is 6.92 Å². The van der Waals surface area contributed by atoms with Gasteiger partial charge in [0.05, 0.1) is 12.8 Å². The molecule has 0 aliphatic carbocycles. The fraction of sp³-hybridized carbons (Fsp3) is 0.364. The molecule has 0 saturated carbocycles. The monoisotopic (exact) mass is 381 g/mol. The number of fused-ring (bicyclic) bond motifs is 1. The van der Waals surface area contributed by atoms with Gasteiger partial charge < -0.3 is 19.2 Å². The van der Waals surface area contributed by atoms with Crippen molar-refractivity contribution in [3.8, 4) is 5.75 Å². The molecule has 2 heterocycles. The molecule has 0 saturated heterocycles. The van der Waals surface area contributed by atoms with Crippen LogP contribution in [-0.4, -0.2) is 42.7 Å². The maximum atomic E-state index is 12.6. The molecule has 148 valence electrons. The van der Waals surface area contributed by atoms with Crippen molar-refractivity contribution in [3.63, 3.8) is 0 Å². The number of methoxy groups -OCH3 is 2. The zero-order valence-corrected chi connectivity index (χ0v) is 16.6. The molecule has 6 heteroatoms. The van der Waals surface area contributed by atoms with Gasteiger partial charge in [0.1, 0.15) is 11.4 Å². The summed E-state index contributed by atoms with van der Waals surface area (Å²) in [6.45, 7) is 3.27. The molecule has 2 aromatic heterocycles. The van der Waals surface area contributed by atoms with Gasteiger partial charge in [-0.1, -0.05) is 18.2 Å². The molecule has 1 N–H and O–H groups in total. The average molecular weight is 381 g/mol. The first-order valence-corrected chi connectivity index (χ1v) is 9.46. The van der Waals surface area contributed by atoms with E-state index < -0.39 is 0 Å². The van der Waals surface area contributed by atoms with Crippen LogP contribution in [0.2, 0.25) is 0 Å². The molecule has 3 rings (SSSR count). The predicted molar refractivity (Wildman–Crippen MR) is 109 cm³/mol. The third-order valence-electron chi connectivity index (χ3n) is 4.85. The van der Waals surface area contributed by atoms with Gasteiger partial charge in [0, 0.05) is 45.0 Å². The molecule has 0 spiro atoms. The smallest absolute Gasteiger partial charge is 0.221 e. The third-order valence-corrected chi connectivity index (χ3v) is 4.85. The summed E-state index contributed by atoms with van der Waals surface area (Å²) in [7, 11) is 3.31. The number of nitrogens with one attached hydrogen (secondary N) is 1. The summed E-state index contributed by atoms with van der Waals surface area (Å²) in [5.41, 5.74) is 4.02. The summed E-state index contributed by atoms with van der Waals surface area (Å²) in [4.78, 5) is 17.2. The van der Waals surface area contributed by atoms with E-state index in [2.05, 4.69) is 14.7 Å². The molecule has 0 fully saturated rings. The molecule has 0 bridgehead atoms. The van der Waals surface area contributed by atoms with Gasteiger partial charge in [0.15, 0.2) is 0 Å². The maximum Gasteiger partial charge on any atom is 0.221 e. The van der Waals surface area contributed by atoms with Crippen molar-refractivity contribution in [2.75, 3.05) is 27.4 Å². The molecular weight excluding hydrogens is 354 g/mol. The second-order valence-corrected chi connectivity index (χ2v) is 6.80. The van der Waals surface area contributed by atoms with Crippen molar-refractivity contribution >= 4 is 11.6 Å². The van der Waals surface area contributed by atoms with Crippen LogP contribution in [0.4, 0.5) is 0 Å². The van der Waals surface area contributed by atoms with Crippen molar-refractivity contribution in [1.82, 2.24) is 14.7 Å². The van der Waals surface area contributed by atoms with Crippen molar-refractivity contribution in [2.24, 2.45) is 0 Å². The zero-order chi connectivity index (χ0) is 19.9. The van der Waals surface area contributed by atoms with Gasteiger partial charge in [0.25, 0.3) is 0 Å².